The first-order valence-corrected chi connectivity index (χ1v) is 4.99. The highest BCUT2D eigenvalue weighted by atomic mass is 32.1. The van der Waals surface area contributed by atoms with E-state index < -0.39 is 0 Å². The summed E-state index contributed by atoms with van der Waals surface area (Å²) in [4.78, 5) is 4.06. The van der Waals surface area contributed by atoms with Gasteiger partial charge in [0.25, 0.3) is 0 Å². The van der Waals surface area contributed by atoms with Crippen LogP contribution in [0.3, 0.4) is 0 Å². The molecule has 2 heterocycles. The standard InChI is InChI=1S/C10H8N2OS/c13-12-5-8-3-10(6-11-4-8)9-1-2-14-7-9/h1-7,13H/b12-5+. The minimum Gasteiger partial charge on any atom is -0.411 e. The molecule has 0 saturated carbocycles. The van der Waals surface area contributed by atoms with Crippen LogP contribution in [0.1, 0.15) is 5.56 Å². The number of pyridine rings is 1. The van der Waals surface area contributed by atoms with Crippen LogP contribution in [0, 0.1) is 0 Å². The topological polar surface area (TPSA) is 45.5 Å². The Balaban J connectivity index is 2.40. The highest BCUT2D eigenvalue weighted by molar-refractivity contribution is 7.08. The summed E-state index contributed by atoms with van der Waals surface area (Å²) in [6.07, 6.45) is 4.80. The van der Waals surface area contributed by atoms with E-state index in [1.165, 1.54) is 6.21 Å². The predicted molar refractivity (Wildman–Crippen MR) is 56.9 cm³/mol. The molecule has 0 unspecified atom stereocenters. The van der Waals surface area contributed by atoms with Crippen molar-refractivity contribution in [3.8, 4) is 11.1 Å². The fraction of sp³-hybridized carbons (Fsp3) is 0. The van der Waals surface area contributed by atoms with E-state index in [-0.39, 0.29) is 0 Å². The van der Waals surface area contributed by atoms with Crippen molar-refractivity contribution in [1.29, 1.82) is 0 Å². The SMILES string of the molecule is O/N=C/c1cncc(-c2ccsc2)c1. The van der Waals surface area contributed by atoms with Gasteiger partial charge in [0.1, 0.15) is 0 Å². The number of oxime groups is 1. The van der Waals surface area contributed by atoms with Crippen molar-refractivity contribution in [2.75, 3.05) is 0 Å². The maximum absolute atomic E-state index is 8.38. The second-order valence-electron chi connectivity index (χ2n) is 2.76. The molecule has 14 heavy (non-hydrogen) atoms. The predicted octanol–water partition coefficient (Wildman–Crippen LogP) is 2.62. The fourth-order valence-corrected chi connectivity index (χ4v) is 1.85. The van der Waals surface area contributed by atoms with Gasteiger partial charge in [0, 0.05) is 23.5 Å². The molecule has 0 aliphatic heterocycles. The third kappa shape index (κ3) is 1.80. The van der Waals surface area contributed by atoms with E-state index in [2.05, 4.69) is 15.5 Å². The van der Waals surface area contributed by atoms with Crippen LogP contribution in [0.4, 0.5) is 0 Å². The van der Waals surface area contributed by atoms with Gasteiger partial charge in [0.05, 0.1) is 6.21 Å². The third-order valence-electron chi connectivity index (χ3n) is 1.82. The van der Waals surface area contributed by atoms with Crippen molar-refractivity contribution in [1.82, 2.24) is 4.98 Å². The van der Waals surface area contributed by atoms with Gasteiger partial charge in [-0.3, -0.25) is 4.98 Å². The molecule has 70 valence electrons. The fourth-order valence-electron chi connectivity index (χ4n) is 1.18. The molecule has 0 atom stereocenters. The van der Waals surface area contributed by atoms with Gasteiger partial charge in [-0.1, -0.05) is 5.16 Å². The number of hydrogen-bond donors (Lipinski definition) is 1. The van der Waals surface area contributed by atoms with Gasteiger partial charge in [0.15, 0.2) is 0 Å². The van der Waals surface area contributed by atoms with Crippen molar-refractivity contribution in [2.45, 2.75) is 0 Å². The molecule has 2 aromatic rings. The molecule has 0 radical (unpaired) electrons. The lowest BCUT2D eigenvalue weighted by molar-refractivity contribution is 0.322. The Morgan fingerprint density at radius 1 is 1.36 bits per heavy atom. The molecular formula is C10H8N2OS. The average molecular weight is 204 g/mol. The van der Waals surface area contributed by atoms with Gasteiger partial charge in [-0.15, -0.1) is 0 Å². The summed E-state index contributed by atoms with van der Waals surface area (Å²) in [6.45, 7) is 0. The Labute approximate surface area is 85.4 Å². The molecule has 0 aliphatic rings. The van der Waals surface area contributed by atoms with E-state index in [9.17, 15) is 0 Å². The van der Waals surface area contributed by atoms with Gasteiger partial charge in [0.2, 0.25) is 0 Å². The van der Waals surface area contributed by atoms with Crippen molar-refractivity contribution < 1.29 is 5.21 Å². The number of rotatable bonds is 2. The summed E-state index contributed by atoms with van der Waals surface area (Å²) >= 11 is 1.64. The van der Waals surface area contributed by atoms with Crippen LogP contribution in [0.5, 0.6) is 0 Å². The number of thiophene rings is 1. The van der Waals surface area contributed by atoms with Crippen LogP contribution < -0.4 is 0 Å². The number of nitrogens with zero attached hydrogens (tertiary/aromatic N) is 2. The Kier molecular flexibility index (Phi) is 2.55. The first-order chi connectivity index (χ1) is 6.90. The molecule has 0 spiro atoms. The molecule has 0 saturated heterocycles. The minimum absolute atomic E-state index is 0.788. The van der Waals surface area contributed by atoms with E-state index in [4.69, 9.17) is 5.21 Å². The molecule has 1 N–H and O–H groups in total. The molecule has 4 heteroatoms. The minimum atomic E-state index is 0.788. The van der Waals surface area contributed by atoms with E-state index in [0.717, 1.165) is 16.7 Å². The second-order valence-corrected chi connectivity index (χ2v) is 3.54. The zero-order valence-corrected chi connectivity index (χ0v) is 8.11. The number of aromatic nitrogens is 1. The second kappa shape index (κ2) is 4.02. The highest BCUT2D eigenvalue weighted by Gasteiger charge is 1.98. The number of hydrogen-bond acceptors (Lipinski definition) is 4. The summed E-state index contributed by atoms with van der Waals surface area (Å²) in [5.74, 6) is 0. The average Bonchev–Trinajstić information content (AvgIpc) is 2.71. The lowest BCUT2D eigenvalue weighted by atomic mass is 10.1. The van der Waals surface area contributed by atoms with E-state index in [1.54, 1.807) is 23.7 Å². The molecule has 0 fully saturated rings. The van der Waals surface area contributed by atoms with Gasteiger partial charge in [-0.25, -0.2) is 0 Å². The maximum Gasteiger partial charge on any atom is 0.0749 e. The first kappa shape index (κ1) is 8.90. The molecule has 3 nitrogen and oxygen atoms in total. The molecule has 0 aliphatic carbocycles. The maximum atomic E-state index is 8.38. The van der Waals surface area contributed by atoms with Crippen LogP contribution in [0.25, 0.3) is 11.1 Å². The summed E-state index contributed by atoms with van der Waals surface area (Å²) in [5.41, 5.74) is 2.95. The van der Waals surface area contributed by atoms with E-state index in [0.29, 0.717) is 0 Å². The van der Waals surface area contributed by atoms with Crippen LogP contribution in [-0.4, -0.2) is 16.4 Å². The summed E-state index contributed by atoms with van der Waals surface area (Å²) < 4.78 is 0. The van der Waals surface area contributed by atoms with Crippen molar-refractivity contribution in [2.24, 2.45) is 5.16 Å². The van der Waals surface area contributed by atoms with Crippen LogP contribution in [0.2, 0.25) is 0 Å². The summed E-state index contributed by atoms with van der Waals surface area (Å²) in [6, 6.07) is 3.95. The van der Waals surface area contributed by atoms with Crippen molar-refractivity contribution in [3.63, 3.8) is 0 Å². The van der Waals surface area contributed by atoms with E-state index >= 15 is 0 Å². The Bertz CT molecular complexity index is 437. The summed E-state index contributed by atoms with van der Waals surface area (Å²) in [5, 5.41) is 15.4. The zero-order valence-electron chi connectivity index (χ0n) is 7.29. The molecule has 2 aromatic heterocycles. The van der Waals surface area contributed by atoms with Crippen LogP contribution >= 0.6 is 11.3 Å². The monoisotopic (exact) mass is 204 g/mol. The molecule has 2 rings (SSSR count). The zero-order chi connectivity index (χ0) is 9.80. The van der Waals surface area contributed by atoms with Crippen molar-refractivity contribution in [3.05, 3.63) is 40.8 Å². The van der Waals surface area contributed by atoms with Gasteiger partial charge in [-0.05, 0) is 28.5 Å². The van der Waals surface area contributed by atoms with Gasteiger partial charge >= 0.3 is 0 Å². The quantitative estimate of drug-likeness (QED) is 0.464. The molecular weight excluding hydrogens is 196 g/mol. The Morgan fingerprint density at radius 3 is 3.00 bits per heavy atom. The summed E-state index contributed by atoms with van der Waals surface area (Å²) in [7, 11) is 0. The van der Waals surface area contributed by atoms with E-state index in [1.807, 2.05) is 17.5 Å². The smallest absolute Gasteiger partial charge is 0.0749 e. The lowest BCUT2D eigenvalue weighted by Gasteiger charge is -1.97. The lowest BCUT2D eigenvalue weighted by Crippen LogP contribution is -1.84. The molecule has 0 amide bonds. The van der Waals surface area contributed by atoms with Crippen LogP contribution in [-0.2, 0) is 0 Å². The highest BCUT2D eigenvalue weighted by Crippen LogP contribution is 2.21. The molecule has 0 aromatic carbocycles. The largest absolute Gasteiger partial charge is 0.411 e. The molecule has 0 bridgehead atoms. The van der Waals surface area contributed by atoms with Crippen molar-refractivity contribution >= 4 is 17.6 Å². The van der Waals surface area contributed by atoms with Crippen LogP contribution in [0.15, 0.2) is 40.4 Å². The Morgan fingerprint density at radius 2 is 2.29 bits per heavy atom. The van der Waals surface area contributed by atoms with Gasteiger partial charge in [-0.2, -0.15) is 11.3 Å². The van der Waals surface area contributed by atoms with Gasteiger partial charge < -0.3 is 5.21 Å². The normalized spacial score (nSPS) is 10.9. The third-order valence-corrected chi connectivity index (χ3v) is 2.50. The Hall–Kier alpha value is -1.68. The first-order valence-electron chi connectivity index (χ1n) is 4.05.